The number of likely N-dealkylation sites (tertiary alicyclic amines) is 1. The molecule has 0 bridgehead atoms. The second-order valence-electron chi connectivity index (χ2n) is 6.38. The molecule has 4 rings (SSSR count). The number of aliphatic hydroxyl groups excluding tert-OH is 1. The van der Waals surface area contributed by atoms with Gasteiger partial charge in [0.15, 0.2) is 0 Å². The van der Waals surface area contributed by atoms with Crippen LogP contribution in [0.25, 0.3) is 10.9 Å². The number of nitrogens with one attached hydrogen (secondary N) is 1. The summed E-state index contributed by atoms with van der Waals surface area (Å²) in [6, 6.07) is 6.20. The van der Waals surface area contributed by atoms with E-state index in [4.69, 9.17) is 0 Å². The molecule has 3 atom stereocenters. The lowest BCUT2D eigenvalue weighted by Gasteiger charge is -2.50. The van der Waals surface area contributed by atoms with Crippen molar-refractivity contribution in [1.82, 2.24) is 9.88 Å². The van der Waals surface area contributed by atoms with Gasteiger partial charge in [0, 0.05) is 36.3 Å². The van der Waals surface area contributed by atoms with Crippen molar-refractivity contribution in [2.24, 2.45) is 5.92 Å². The number of hydrogen-bond acceptors (Lipinski definition) is 3. The van der Waals surface area contributed by atoms with Crippen LogP contribution < -0.4 is 0 Å². The third-order valence-electron chi connectivity index (χ3n) is 5.15. The van der Waals surface area contributed by atoms with Gasteiger partial charge in [-0.25, -0.2) is 0 Å². The number of benzene rings is 1. The molecule has 1 saturated heterocycles. The highest BCUT2D eigenvalue weighted by Gasteiger charge is 2.49. The summed E-state index contributed by atoms with van der Waals surface area (Å²) in [5.41, 5.74) is 2.56. The van der Waals surface area contributed by atoms with Crippen molar-refractivity contribution < 1.29 is 10.2 Å². The van der Waals surface area contributed by atoms with Crippen LogP contribution in [-0.2, 0) is 12.0 Å². The number of fused-ring (bicyclic) bond motifs is 2. The summed E-state index contributed by atoms with van der Waals surface area (Å²) in [6.45, 7) is 0.981. The summed E-state index contributed by atoms with van der Waals surface area (Å²) >= 11 is 0. The van der Waals surface area contributed by atoms with Gasteiger partial charge in [0.05, 0.1) is 0 Å². The zero-order valence-electron chi connectivity index (χ0n) is 11.6. The van der Waals surface area contributed by atoms with Crippen LogP contribution in [0.1, 0.15) is 17.5 Å². The van der Waals surface area contributed by atoms with Crippen molar-refractivity contribution in [1.29, 1.82) is 0 Å². The van der Waals surface area contributed by atoms with E-state index in [1.807, 2.05) is 12.1 Å². The highest BCUT2D eigenvalue weighted by molar-refractivity contribution is 5.88. The number of nitrogens with zero attached hydrogens (tertiary/aromatic N) is 1. The number of aromatic nitrogens is 1. The van der Waals surface area contributed by atoms with Gasteiger partial charge in [0.25, 0.3) is 0 Å². The number of hydrogen-bond donors (Lipinski definition) is 3. The molecule has 2 aliphatic rings. The van der Waals surface area contributed by atoms with Crippen molar-refractivity contribution >= 4 is 10.9 Å². The minimum absolute atomic E-state index is 0.0965. The molecular formula is C16H20N2O2. The lowest BCUT2D eigenvalue weighted by molar-refractivity contribution is -0.106. The van der Waals surface area contributed by atoms with Crippen LogP contribution in [0.2, 0.25) is 0 Å². The van der Waals surface area contributed by atoms with E-state index in [1.165, 1.54) is 10.9 Å². The van der Waals surface area contributed by atoms with Crippen LogP contribution >= 0.6 is 0 Å². The molecule has 0 unspecified atom stereocenters. The molecule has 20 heavy (non-hydrogen) atoms. The van der Waals surface area contributed by atoms with Crippen LogP contribution in [-0.4, -0.2) is 46.3 Å². The first-order valence-electron chi connectivity index (χ1n) is 7.26. The minimum Gasteiger partial charge on any atom is -0.396 e. The quantitative estimate of drug-likeness (QED) is 0.731. The molecule has 0 amide bonds. The van der Waals surface area contributed by atoms with Crippen LogP contribution in [0.15, 0.2) is 24.4 Å². The van der Waals surface area contributed by atoms with Gasteiger partial charge in [-0.1, -0.05) is 12.1 Å². The molecule has 0 saturated carbocycles. The van der Waals surface area contributed by atoms with Gasteiger partial charge in [-0.3, -0.25) is 4.90 Å². The predicted molar refractivity (Wildman–Crippen MR) is 77.5 cm³/mol. The summed E-state index contributed by atoms with van der Waals surface area (Å²) in [5.74, 6) is 0.136. The third-order valence-corrected chi connectivity index (χ3v) is 5.15. The Morgan fingerprint density at radius 1 is 1.45 bits per heavy atom. The van der Waals surface area contributed by atoms with Crippen LogP contribution in [0.4, 0.5) is 0 Å². The summed E-state index contributed by atoms with van der Waals surface area (Å²) < 4.78 is 0. The number of rotatable bonds is 1. The maximum absolute atomic E-state index is 11.4. The molecule has 106 valence electrons. The molecule has 2 heterocycles. The van der Waals surface area contributed by atoms with E-state index in [0.717, 1.165) is 24.0 Å². The molecular weight excluding hydrogens is 252 g/mol. The van der Waals surface area contributed by atoms with E-state index in [-0.39, 0.29) is 18.6 Å². The molecule has 0 radical (unpaired) electrons. The smallest absolute Gasteiger partial charge is 0.106 e. The molecule has 2 aromatic rings. The zero-order valence-corrected chi connectivity index (χ0v) is 11.6. The van der Waals surface area contributed by atoms with Crippen molar-refractivity contribution in [3.8, 4) is 0 Å². The number of aliphatic hydroxyl groups is 2. The van der Waals surface area contributed by atoms with Gasteiger partial charge in [-0.2, -0.15) is 0 Å². The van der Waals surface area contributed by atoms with Crippen molar-refractivity contribution in [2.75, 3.05) is 20.2 Å². The molecule has 1 aliphatic carbocycles. The Kier molecular flexibility index (Phi) is 2.52. The lowest BCUT2D eigenvalue weighted by Crippen LogP contribution is -2.58. The van der Waals surface area contributed by atoms with Gasteiger partial charge < -0.3 is 15.2 Å². The zero-order chi connectivity index (χ0) is 13.9. The second-order valence-corrected chi connectivity index (χ2v) is 6.38. The highest BCUT2D eigenvalue weighted by atomic mass is 16.3. The van der Waals surface area contributed by atoms with E-state index in [0.29, 0.717) is 6.42 Å². The average molecular weight is 272 g/mol. The topological polar surface area (TPSA) is 59.5 Å². The number of H-pyrrole nitrogens is 1. The summed E-state index contributed by atoms with van der Waals surface area (Å²) in [4.78, 5) is 5.52. The summed E-state index contributed by atoms with van der Waals surface area (Å²) in [5, 5.41) is 22.1. The Balaban J connectivity index is 1.93. The normalized spacial score (nSPS) is 33.4. The minimum atomic E-state index is -0.852. The Labute approximate surface area is 118 Å². The molecule has 3 N–H and O–H groups in total. The van der Waals surface area contributed by atoms with Gasteiger partial charge in [-0.15, -0.1) is 0 Å². The molecule has 4 nitrogen and oxygen atoms in total. The standard InChI is InChI=1S/C16H20N2O2/c1-18-8-10(9-19)6-16(20)12-3-2-4-13-15(12)11(7-17-13)5-14(16)18/h2-4,7,10,14,17,19-20H,5-6,8-9H2,1H3/t10-,14-,16+/m1/s1. The fourth-order valence-corrected chi connectivity index (χ4v) is 4.26. The lowest BCUT2D eigenvalue weighted by atomic mass is 9.69. The van der Waals surface area contributed by atoms with E-state index in [9.17, 15) is 10.2 Å². The van der Waals surface area contributed by atoms with Crippen LogP contribution in [0.5, 0.6) is 0 Å². The Morgan fingerprint density at radius 3 is 3.10 bits per heavy atom. The first kappa shape index (κ1) is 12.4. The molecule has 1 aromatic heterocycles. The number of likely N-dealkylation sites (N-methyl/N-ethyl adjacent to an activating group) is 1. The predicted octanol–water partition coefficient (Wildman–Crippen LogP) is 1.22. The number of piperidine rings is 1. The third kappa shape index (κ3) is 1.47. The fraction of sp³-hybridized carbons (Fsp3) is 0.500. The average Bonchev–Trinajstić information content (AvgIpc) is 2.85. The van der Waals surface area contributed by atoms with E-state index in [1.54, 1.807) is 0 Å². The van der Waals surface area contributed by atoms with Crippen molar-refractivity contribution in [3.63, 3.8) is 0 Å². The van der Waals surface area contributed by atoms with Crippen LogP contribution in [0.3, 0.4) is 0 Å². The summed E-state index contributed by atoms with van der Waals surface area (Å²) in [6.07, 6.45) is 3.57. The fourth-order valence-electron chi connectivity index (χ4n) is 4.26. The van der Waals surface area contributed by atoms with Gasteiger partial charge >= 0.3 is 0 Å². The monoisotopic (exact) mass is 272 g/mol. The molecule has 1 aliphatic heterocycles. The van der Waals surface area contributed by atoms with Crippen molar-refractivity contribution in [3.05, 3.63) is 35.5 Å². The Hall–Kier alpha value is -1.36. The second kappa shape index (κ2) is 4.07. The van der Waals surface area contributed by atoms with E-state index < -0.39 is 5.60 Å². The number of aromatic amines is 1. The maximum atomic E-state index is 11.4. The molecule has 0 spiro atoms. The summed E-state index contributed by atoms with van der Waals surface area (Å²) in [7, 11) is 2.05. The first-order valence-corrected chi connectivity index (χ1v) is 7.26. The van der Waals surface area contributed by atoms with Gasteiger partial charge in [0.1, 0.15) is 5.60 Å². The largest absolute Gasteiger partial charge is 0.396 e. The van der Waals surface area contributed by atoms with Gasteiger partial charge in [-0.05, 0) is 43.0 Å². The van der Waals surface area contributed by atoms with Gasteiger partial charge in [0.2, 0.25) is 0 Å². The SMILES string of the molecule is CN1C[C@H](CO)C[C@]2(O)c3cccc4[nH]cc(c34)C[C@@H]12. The molecule has 4 heteroatoms. The first-order chi connectivity index (χ1) is 9.63. The highest BCUT2D eigenvalue weighted by Crippen LogP contribution is 2.46. The Morgan fingerprint density at radius 2 is 2.30 bits per heavy atom. The van der Waals surface area contributed by atoms with E-state index >= 15 is 0 Å². The molecule has 1 fully saturated rings. The van der Waals surface area contributed by atoms with Crippen LogP contribution in [0, 0.1) is 5.92 Å². The van der Waals surface area contributed by atoms with Crippen molar-refractivity contribution in [2.45, 2.75) is 24.5 Å². The Bertz CT molecular complexity index is 666. The maximum Gasteiger partial charge on any atom is 0.106 e. The van der Waals surface area contributed by atoms with E-state index in [2.05, 4.69) is 29.2 Å². The molecule has 1 aromatic carbocycles.